The van der Waals surface area contributed by atoms with Crippen LogP contribution in [0.2, 0.25) is 0 Å². The minimum absolute atomic E-state index is 0.207. The first-order chi connectivity index (χ1) is 10.3. The van der Waals surface area contributed by atoms with Crippen molar-refractivity contribution in [1.29, 1.82) is 0 Å². The number of nitrogens with zero attached hydrogens (tertiary/aromatic N) is 3. The Morgan fingerprint density at radius 3 is 3.05 bits per heavy atom. The zero-order chi connectivity index (χ0) is 14.7. The van der Waals surface area contributed by atoms with E-state index in [4.69, 9.17) is 4.74 Å². The number of ether oxygens (including phenoxy) is 1. The number of benzene rings is 1. The van der Waals surface area contributed by atoms with Crippen molar-refractivity contribution < 1.29 is 9.53 Å². The van der Waals surface area contributed by atoms with Crippen LogP contribution in [0.5, 0.6) is 5.75 Å². The van der Waals surface area contributed by atoms with Crippen LogP contribution >= 0.6 is 11.3 Å². The Balaban J connectivity index is 1.91. The normalized spacial score (nSPS) is 10.3. The summed E-state index contributed by atoms with van der Waals surface area (Å²) in [4.78, 5) is 16.2. The van der Waals surface area contributed by atoms with Crippen molar-refractivity contribution in [3.63, 3.8) is 0 Å². The zero-order valence-corrected chi connectivity index (χ0v) is 11.8. The molecule has 3 rings (SSSR count). The zero-order valence-electron chi connectivity index (χ0n) is 11.0. The third-order valence-corrected chi connectivity index (χ3v) is 3.45. The van der Waals surface area contributed by atoms with Gasteiger partial charge in [-0.15, -0.1) is 11.3 Å². The van der Waals surface area contributed by atoms with Crippen molar-refractivity contribution >= 4 is 22.4 Å². The van der Waals surface area contributed by atoms with Crippen LogP contribution in [0.3, 0.4) is 0 Å². The molecule has 1 amide bonds. The third-order valence-electron chi connectivity index (χ3n) is 2.76. The monoisotopic (exact) mass is 301 g/mol. The smallest absolute Gasteiger partial charge is 0.280 e. The van der Waals surface area contributed by atoms with Crippen molar-refractivity contribution in [2.75, 3.05) is 12.4 Å². The number of anilines is 1. The number of hydrogen-bond acceptors (Lipinski definition) is 6. The number of carbonyl (C=O) groups excluding carboxylic acids is 1. The lowest BCUT2D eigenvalue weighted by Crippen LogP contribution is -2.13. The second-order valence-corrected chi connectivity index (χ2v) is 4.94. The van der Waals surface area contributed by atoms with E-state index in [9.17, 15) is 4.79 Å². The van der Waals surface area contributed by atoms with Crippen molar-refractivity contribution in [1.82, 2.24) is 20.4 Å². The fraction of sp³-hybridized carbons (Fsp3) is 0.0769. The Bertz CT molecular complexity index is 754. The average molecular weight is 301 g/mol. The number of carbonyl (C=O) groups is 1. The van der Waals surface area contributed by atoms with Gasteiger partial charge in [0.25, 0.3) is 5.91 Å². The summed E-state index contributed by atoms with van der Waals surface area (Å²) in [5, 5.41) is 15.4. The first-order valence-corrected chi connectivity index (χ1v) is 6.92. The first kappa shape index (κ1) is 13.3. The van der Waals surface area contributed by atoms with Gasteiger partial charge >= 0.3 is 0 Å². The molecule has 0 bridgehead atoms. The summed E-state index contributed by atoms with van der Waals surface area (Å²) in [6.07, 6.45) is 1.62. The molecular formula is C13H11N5O2S. The topological polar surface area (TPSA) is 92.8 Å². The molecule has 0 saturated carbocycles. The maximum Gasteiger partial charge on any atom is 0.280 e. The molecule has 0 atom stereocenters. The van der Waals surface area contributed by atoms with E-state index in [0.29, 0.717) is 16.6 Å². The standard InChI is InChI=1S/C13H11N5O2S/c1-20-9-4-2-3-8(7-9)10-11(17-18-16-10)12(19)15-13-14-5-6-21-13/h2-7H,1H3,(H,14,15,19)(H,16,17,18). The Kier molecular flexibility index (Phi) is 3.61. The summed E-state index contributed by atoms with van der Waals surface area (Å²) < 4.78 is 5.17. The van der Waals surface area contributed by atoms with Gasteiger partial charge in [-0.3, -0.25) is 10.1 Å². The molecule has 0 aliphatic carbocycles. The van der Waals surface area contributed by atoms with Gasteiger partial charge in [-0.1, -0.05) is 12.1 Å². The number of nitrogens with one attached hydrogen (secondary N) is 2. The van der Waals surface area contributed by atoms with Gasteiger partial charge in [0.1, 0.15) is 11.4 Å². The molecule has 8 heteroatoms. The molecule has 1 aromatic carbocycles. The number of H-pyrrole nitrogens is 1. The van der Waals surface area contributed by atoms with E-state index in [-0.39, 0.29) is 11.6 Å². The Hall–Kier alpha value is -2.74. The maximum atomic E-state index is 12.2. The van der Waals surface area contributed by atoms with Gasteiger partial charge < -0.3 is 4.74 Å². The van der Waals surface area contributed by atoms with Gasteiger partial charge in [-0.25, -0.2) is 4.98 Å². The molecule has 0 aliphatic rings. The fourth-order valence-electron chi connectivity index (χ4n) is 1.80. The lowest BCUT2D eigenvalue weighted by Gasteiger charge is -2.03. The first-order valence-electron chi connectivity index (χ1n) is 6.04. The summed E-state index contributed by atoms with van der Waals surface area (Å²) in [6.45, 7) is 0. The molecule has 2 aromatic heterocycles. The van der Waals surface area contributed by atoms with Crippen molar-refractivity contribution in [3.05, 3.63) is 41.5 Å². The van der Waals surface area contributed by atoms with Crippen LogP contribution in [0.1, 0.15) is 10.5 Å². The quantitative estimate of drug-likeness (QED) is 0.770. The summed E-state index contributed by atoms with van der Waals surface area (Å²) in [6, 6.07) is 7.27. The molecule has 0 spiro atoms. The molecule has 0 radical (unpaired) electrons. The van der Waals surface area contributed by atoms with Crippen LogP contribution in [0.25, 0.3) is 11.3 Å². The second kappa shape index (κ2) is 5.71. The highest BCUT2D eigenvalue weighted by Gasteiger charge is 2.19. The highest BCUT2D eigenvalue weighted by molar-refractivity contribution is 7.13. The van der Waals surface area contributed by atoms with Crippen LogP contribution in [0, 0.1) is 0 Å². The minimum atomic E-state index is -0.364. The van der Waals surface area contributed by atoms with Crippen molar-refractivity contribution in [2.45, 2.75) is 0 Å². The van der Waals surface area contributed by atoms with Crippen molar-refractivity contribution in [2.24, 2.45) is 0 Å². The van der Waals surface area contributed by atoms with Crippen LogP contribution in [0.4, 0.5) is 5.13 Å². The lowest BCUT2D eigenvalue weighted by atomic mass is 10.1. The minimum Gasteiger partial charge on any atom is -0.497 e. The molecule has 21 heavy (non-hydrogen) atoms. The number of thiazole rings is 1. The van der Waals surface area contributed by atoms with E-state index >= 15 is 0 Å². The molecule has 0 aliphatic heterocycles. The van der Waals surface area contributed by atoms with Gasteiger partial charge in [-0.2, -0.15) is 15.4 Å². The highest BCUT2D eigenvalue weighted by atomic mass is 32.1. The Morgan fingerprint density at radius 2 is 2.29 bits per heavy atom. The molecule has 2 heterocycles. The van der Waals surface area contributed by atoms with Crippen LogP contribution in [-0.4, -0.2) is 33.4 Å². The second-order valence-electron chi connectivity index (χ2n) is 4.04. The molecule has 0 saturated heterocycles. The molecular weight excluding hydrogens is 290 g/mol. The summed E-state index contributed by atoms with van der Waals surface area (Å²) >= 11 is 1.33. The number of aromatic amines is 1. The number of rotatable bonds is 4. The maximum absolute atomic E-state index is 12.2. The van der Waals surface area contributed by atoms with Crippen molar-refractivity contribution in [3.8, 4) is 17.0 Å². The lowest BCUT2D eigenvalue weighted by molar-refractivity contribution is 0.102. The predicted molar refractivity (Wildman–Crippen MR) is 78.4 cm³/mol. The number of methoxy groups -OCH3 is 1. The van der Waals surface area contributed by atoms with Gasteiger partial charge in [-0.05, 0) is 12.1 Å². The van der Waals surface area contributed by atoms with Crippen LogP contribution < -0.4 is 10.1 Å². The average Bonchev–Trinajstić information content (AvgIpc) is 3.18. The van der Waals surface area contributed by atoms with Crippen LogP contribution in [0.15, 0.2) is 35.8 Å². The predicted octanol–water partition coefficient (Wildman–Crippen LogP) is 2.19. The van der Waals surface area contributed by atoms with E-state index in [1.807, 2.05) is 18.2 Å². The van der Waals surface area contributed by atoms with E-state index in [2.05, 4.69) is 25.7 Å². The van der Waals surface area contributed by atoms with E-state index in [1.165, 1.54) is 11.3 Å². The van der Waals surface area contributed by atoms with E-state index in [0.717, 1.165) is 5.56 Å². The van der Waals surface area contributed by atoms with Gasteiger partial charge in [0.15, 0.2) is 10.8 Å². The molecule has 0 fully saturated rings. The SMILES string of the molecule is COc1cccc(-c2n[nH]nc2C(=O)Nc2nccs2)c1. The summed E-state index contributed by atoms with van der Waals surface area (Å²) in [7, 11) is 1.58. The Morgan fingerprint density at radius 1 is 1.38 bits per heavy atom. The third kappa shape index (κ3) is 2.75. The highest BCUT2D eigenvalue weighted by Crippen LogP contribution is 2.24. The Labute approximate surface area is 124 Å². The van der Waals surface area contributed by atoms with Crippen LogP contribution in [-0.2, 0) is 0 Å². The van der Waals surface area contributed by atoms with Gasteiger partial charge in [0.2, 0.25) is 0 Å². The molecule has 3 aromatic rings. The van der Waals surface area contributed by atoms with E-state index < -0.39 is 0 Å². The van der Waals surface area contributed by atoms with E-state index in [1.54, 1.807) is 24.8 Å². The number of hydrogen-bond donors (Lipinski definition) is 2. The largest absolute Gasteiger partial charge is 0.497 e. The molecule has 2 N–H and O–H groups in total. The fourth-order valence-corrected chi connectivity index (χ4v) is 2.33. The number of amides is 1. The molecule has 7 nitrogen and oxygen atoms in total. The molecule has 106 valence electrons. The summed E-state index contributed by atoms with van der Waals surface area (Å²) in [5.74, 6) is 0.318. The number of aromatic nitrogens is 4. The van der Waals surface area contributed by atoms with Gasteiger partial charge in [0, 0.05) is 17.1 Å². The summed E-state index contributed by atoms with van der Waals surface area (Å²) in [5.41, 5.74) is 1.41. The molecule has 0 unspecified atom stereocenters. The van der Waals surface area contributed by atoms with Gasteiger partial charge in [0.05, 0.1) is 7.11 Å².